The lowest BCUT2D eigenvalue weighted by atomic mass is 9.98. The highest BCUT2D eigenvalue weighted by atomic mass is 28.3. The van der Waals surface area contributed by atoms with Gasteiger partial charge in [-0.2, -0.15) is 0 Å². The molecule has 2 aromatic heterocycles. The van der Waals surface area contributed by atoms with Crippen LogP contribution in [0, 0.1) is 39.3 Å². The van der Waals surface area contributed by atoms with Crippen molar-refractivity contribution < 1.29 is 28.5 Å². The van der Waals surface area contributed by atoms with E-state index in [1.54, 1.807) is 24.3 Å². The lowest BCUT2D eigenvalue weighted by Crippen LogP contribution is -2.53. The van der Waals surface area contributed by atoms with Gasteiger partial charge in [-0.15, -0.1) is 0 Å². The number of aromatic hydroxyl groups is 2. The Labute approximate surface area is 749 Å². The van der Waals surface area contributed by atoms with Crippen molar-refractivity contribution in [2.24, 2.45) is 0 Å². The average molecular weight is 1740 g/mol. The maximum Gasteiger partial charge on any atom is 0.151 e. The fraction of sp³-hybridized carbons (Fsp3) is 0.568. The van der Waals surface area contributed by atoms with Crippen LogP contribution in [0.4, 0.5) is 8.78 Å². The Morgan fingerprint density at radius 1 is 0.293 bits per heavy atom. The van der Waals surface area contributed by atoms with E-state index in [0.29, 0.717) is 95.9 Å². The zero-order valence-corrected chi connectivity index (χ0v) is 85.4. The molecular formula is C111H164F2N2O4Si4. The van der Waals surface area contributed by atoms with Crippen LogP contribution >= 0.6 is 0 Å². The Morgan fingerprint density at radius 2 is 0.528 bits per heavy atom. The molecule has 0 spiro atoms. The van der Waals surface area contributed by atoms with Crippen LogP contribution in [0.2, 0.25) is 68.5 Å². The van der Waals surface area contributed by atoms with Gasteiger partial charge >= 0.3 is 0 Å². The summed E-state index contributed by atoms with van der Waals surface area (Å²) in [5, 5.41) is 38.3. The summed E-state index contributed by atoms with van der Waals surface area (Å²) >= 11 is 0. The first-order chi connectivity index (χ1) is 58.8. The second-order valence-corrected chi connectivity index (χ2v) is 62.6. The number of hydrogen-bond acceptors (Lipinski definition) is 4. The highest BCUT2D eigenvalue weighted by molar-refractivity contribution is 6.96. The quantitative estimate of drug-likeness (QED) is 0.0294. The lowest BCUT2D eigenvalue weighted by Gasteiger charge is -2.40. The van der Waals surface area contributed by atoms with Crippen LogP contribution in [0.3, 0.4) is 0 Å². The van der Waals surface area contributed by atoms with Crippen LogP contribution in [0.1, 0.15) is 321 Å². The number of aromatic nitrogens is 2. The third kappa shape index (κ3) is 21.0. The summed E-state index contributed by atoms with van der Waals surface area (Å²) in [5.74, 6) is 0.543. The first-order valence-electron chi connectivity index (χ1n) is 49.5. The number of phenolic OH excluding ortho intramolecular Hbond substituents is 2. The first-order valence-corrected chi connectivity index (χ1v) is 59.0. The molecule has 0 aliphatic heterocycles. The lowest BCUT2D eigenvalue weighted by molar-refractivity contribution is 0.244. The van der Waals surface area contributed by atoms with E-state index in [1.165, 1.54) is 199 Å². The van der Waals surface area contributed by atoms with Gasteiger partial charge in [-0.05, 0) is 166 Å². The van der Waals surface area contributed by atoms with Crippen molar-refractivity contribution in [3.05, 3.63) is 155 Å². The van der Waals surface area contributed by atoms with Gasteiger partial charge < -0.3 is 28.8 Å². The van der Waals surface area contributed by atoms with Crippen molar-refractivity contribution in [1.29, 1.82) is 0 Å². The molecule has 6 nitrogen and oxygen atoms in total. The summed E-state index contributed by atoms with van der Waals surface area (Å²) in [5.41, 5.74) is 14.7. The SMILES string of the molecule is CCCCCCCC[Si](c1ccc2c3ccc([Si](CCCCCCCC)(C(C)C)C(C)C)cc3n(-c3c(O)c(-c4cc(C)cc(F)c4)cc(C)c3OCCCOc3c(C)cc(-c4cc(C)cc(F)c4)c(O)c3-n3c4cc([Si](CCCCCCCC)(C(C)C)C(C)C)ccc4c4ccc([Si](CCCCCCCC)(C(C)C)C(C)C)cc43)c2c1)(C(C)C)C(C)C. The molecule has 10 aromatic rings. The minimum atomic E-state index is -2.28. The van der Waals surface area contributed by atoms with Crippen molar-refractivity contribution in [3.63, 3.8) is 0 Å². The van der Waals surface area contributed by atoms with Crippen LogP contribution in [-0.4, -0.2) is 64.9 Å². The molecule has 0 saturated carbocycles. The Morgan fingerprint density at radius 3 is 0.756 bits per heavy atom. The van der Waals surface area contributed by atoms with E-state index in [0.717, 1.165) is 65.9 Å². The highest BCUT2D eigenvalue weighted by Gasteiger charge is 2.46. The predicted molar refractivity (Wildman–Crippen MR) is 545 cm³/mol. The van der Waals surface area contributed by atoms with Gasteiger partial charge in [-0.1, -0.05) is 398 Å². The number of unbranched alkanes of at least 4 members (excludes halogenated alkanes) is 20. The Bertz CT molecular complexity index is 4530. The minimum absolute atomic E-state index is 0.0492. The van der Waals surface area contributed by atoms with Gasteiger partial charge in [0.15, 0.2) is 11.5 Å². The maximum atomic E-state index is 16.1. The second-order valence-electron chi connectivity index (χ2n) is 40.7. The summed E-state index contributed by atoms with van der Waals surface area (Å²) in [4.78, 5) is 0. The number of rotatable bonds is 50. The zero-order valence-electron chi connectivity index (χ0n) is 81.4. The summed E-state index contributed by atoms with van der Waals surface area (Å²) in [6.07, 6.45) is 30.5. The monoisotopic (exact) mass is 1740 g/mol. The van der Waals surface area contributed by atoms with E-state index < -0.39 is 32.3 Å². The third-order valence-electron chi connectivity index (χ3n) is 30.5. The minimum Gasteiger partial charge on any atom is -0.505 e. The van der Waals surface area contributed by atoms with E-state index in [2.05, 4.69) is 234 Å². The normalized spacial score (nSPS) is 12.8. The molecule has 123 heavy (non-hydrogen) atoms. The van der Waals surface area contributed by atoms with Gasteiger partial charge in [-0.3, -0.25) is 0 Å². The van der Waals surface area contributed by atoms with Crippen LogP contribution in [0.25, 0.3) is 77.2 Å². The molecule has 0 radical (unpaired) electrons. The van der Waals surface area contributed by atoms with Crippen LogP contribution < -0.4 is 30.2 Å². The van der Waals surface area contributed by atoms with E-state index in [4.69, 9.17) is 9.47 Å². The molecule has 0 bridgehead atoms. The molecule has 2 N–H and O–H groups in total. The summed E-state index contributed by atoms with van der Waals surface area (Å²) in [6.45, 7) is 57.6. The molecular weight excluding hydrogens is 1580 g/mol. The van der Waals surface area contributed by atoms with Crippen LogP contribution in [0.15, 0.2) is 121 Å². The fourth-order valence-corrected chi connectivity index (χ4v) is 46.6. The topological polar surface area (TPSA) is 68.8 Å². The molecule has 2 heterocycles. The fourth-order valence-electron chi connectivity index (χ4n) is 23.6. The smallest absolute Gasteiger partial charge is 0.151 e. The number of fused-ring (bicyclic) bond motifs is 6. The van der Waals surface area contributed by atoms with Crippen molar-refractivity contribution >= 4 is 96.7 Å². The number of hydrogen-bond donors (Lipinski definition) is 2. The molecule has 672 valence electrons. The van der Waals surface area contributed by atoms with E-state index in [1.807, 2.05) is 38.1 Å². The highest BCUT2D eigenvalue weighted by Crippen LogP contribution is 2.52. The Balaban J connectivity index is 1.20. The van der Waals surface area contributed by atoms with Crippen LogP contribution in [0.5, 0.6) is 23.0 Å². The van der Waals surface area contributed by atoms with E-state index >= 15 is 8.78 Å². The summed E-state index contributed by atoms with van der Waals surface area (Å²) < 4.78 is 52.1. The van der Waals surface area contributed by atoms with Gasteiger partial charge in [0.1, 0.15) is 34.5 Å². The first kappa shape index (κ1) is 98.5. The number of aryl methyl sites for hydroxylation is 4. The molecule has 0 atom stereocenters. The molecule has 0 unspecified atom stereocenters. The number of ether oxygens (including phenoxy) is 2. The number of halogens is 2. The largest absolute Gasteiger partial charge is 0.505 e. The number of phenols is 2. The van der Waals surface area contributed by atoms with Gasteiger partial charge in [0, 0.05) is 39.1 Å². The summed E-state index contributed by atoms with van der Waals surface area (Å²) in [7, 11) is -9.12. The molecule has 0 amide bonds. The average Bonchev–Trinajstić information content (AvgIpc) is 1.57. The van der Waals surface area contributed by atoms with Gasteiger partial charge in [-0.25, -0.2) is 8.78 Å². The third-order valence-corrected chi connectivity index (χ3v) is 57.2. The molecule has 10 rings (SSSR count). The van der Waals surface area contributed by atoms with Gasteiger partial charge in [0.05, 0.1) is 67.6 Å². The van der Waals surface area contributed by atoms with Crippen molar-refractivity contribution in [3.8, 4) is 56.6 Å². The van der Waals surface area contributed by atoms with E-state index in [-0.39, 0.29) is 36.3 Å². The van der Waals surface area contributed by atoms with Crippen molar-refractivity contribution in [1.82, 2.24) is 9.13 Å². The number of benzene rings is 8. The molecule has 0 aliphatic carbocycles. The predicted octanol–water partition coefficient (Wildman–Crippen LogP) is 33.3. The standard InChI is InChI=1S/C111H164F2N2O4Si4/c1-25-29-33-37-41-45-60-120(76(5)6,77(7)8)92-50-54-96-97-55-51-93(121(78(9)10,79(11)12)61-46-42-38-34-30-26-2)73-103(97)114(102(96)72-92)106-108(116)100(88-64-84(21)66-90(112)70-88)68-86(23)110(106)118-58-49-59-119-111-87(24)69-101(89-65-85(22)67-91(113)71-89)109(117)107(111)115-104-74-94(122(80(13)14,81(15)16)62-47-43-39-35-31-27-3)52-56-98(104)99-57-53-95(75-105(99)115)123(82(17)18,83(19)20)63-48-44-40-36-32-28-4/h50-57,64-83,116-117H,25-49,58-63H2,1-24H3. The van der Waals surface area contributed by atoms with Crippen LogP contribution in [-0.2, 0) is 0 Å². The number of nitrogens with zero attached hydrogens (tertiary/aromatic N) is 2. The van der Waals surface area contributed by atoms with Gasteiger partial charge in [0.2, 0.25) is 0 Å². The second kappa shape index (κ2) is 44.3. The molecule has 0 fully saturated rings. The molecule has 12 heteroatoms. The molecule has 8 aromatic carbocycles. The summed E-state index contributed by atoms with van der Waals surface area (Å²) in [6, 6.07) is 49.0. The Hall–Kier alpha value is -6.71. The molecule has 0 aliphatic rings. The van der Waals surface area contributed by atoms with Gasteiger partial charge in [0.25, 0.3) is 0 Å². The maximum absolute atomic E-state index is 16.1. The Kier molecular flexibility index (Phi) is 35.5. The van der Waals surface area contributed by atoms with E-state index in [9.17, 15) is 10.2 Å². The van der Waals surface area contributed by atoms with Crippen molar-refractivity contribution in [2.45, 2.75) is 395 Å². The zero-order chi connectivity index (χ0) is 89.4. The van der Waals surface area contributed by atoms with Crippen molar-refractivity contribution in [2.75, 3.05) is 13.2 Å². The molecule has 0 saturated heterocycles.